The summed E-state index contributed by atoms with van der Waals surface area (Å²) in [7, 11) is 2.75. The van der Waals surface area contributed by atoms with Gasteiger partial charge in [0.25, 0.3) is 0 Å². The second-order valence-electron chi connectivity index (χ2n) is 6.62. The number of carbonyl (C=O) groups excluding carboxylic acids is 2. The highest BCUT2D eigenvalue weighted by atomic mass is 16.5. The van der Waals surface area contributed by atoms with Crippen LogP contribution in [0, 0.1) is 0 Å². The summed E-state index contributed by atoms with van der Waals surface area (Å²) in [5, 5.41) is 0. The van der Waals surface area contributed by atoms with Gasteiger partial charge in [-0.2, -0.15) is 0 Å². The number of methoxy groups -OCH3 is 2. The zero-order chi connectivity index (χ0) is 18.9. The molecule has 0 aliphatic heterocycles. The molecule has 4 heteroatoms. The minimum Gasteiger partial charge on any atom is -0.466 e. The summed E-state index contributed by atoms with van der Waals surface area (Å²) in [6.07, 6.45) is 13.6. The molecule has 0 aromatic rings. The highest BCUT2D eigenvalue weighted by Crippen LogP contribution is 2.22. The van der Waals surface area contributed by atoms with Crippen LogP contribution in [0.25, 0.3) is 0 Å². The lowest BCUT2D eigenvalue weighted by Crippen LogP contribution is -2.15. The van der Waals surface area contributed by atoms with Crippen molar-refractivity contribution < 1.29 is 19.1 Å². The molecule has 0 saturated heterocycles. The largest absolute Gasteiger partial charge is 0.466 e. The monoisotopic (exact) mass is 354 g/mol. The van der Waals surface area contributed by atoms with E-state index < -0.39 is 0 Å². The molecular weight excluding hydrogens is 316 g/mol. The quantitative estimate of drug-likeness (QED) is 0.214. The first kappa shape index (κ1) is 23.7. The van der Waals surface area contributed by atoms with Gasteiger partial charge in [-0.05, 0) is 25.7 Å². The molecule has 0 aromatic carbocycles. The molecule has 0 fully saturated rings. The minimum atomic E-state index is -0.387. The molecule has 0 atom stereocenters. The lowest BCUT2D eigenvalue weighted by Gasteiger charge is -2.13. The van der Waals surface area contributed by atoms with Crippen LogP contribution in [0.1, 0.15) is 97.3 Å². The van der Waals surface area contributed by atoms with E-state index in [4.69, 9.17) is 9.47 Å². The van der Waals surface area contributed by atoms with E-state index in [1.54, 1.807) is 0 Å². The van der Waals surface area contributed by atoms with Gasteiger partial charge in [-0.25, -0.2) is 9.59 Å². The first-order chi connectivity index (χ1) is 12.1. The van der Waals surface area contributed by atoms with Gasteiger partial charge >= 0.3 is 11.9 Å². The van der Waals surface area contributed by atoms with Gasteiger partial charge in [0.05, 0.1) is 14.2 Å². The zero-order valence-corrected chi connectivity index (χ0v) is 16.8. The molecule has 0 spiro atoms. The Morgan fingerprint density at radius 2 is 0.880 bits per heavy atom. The van der Waals surface area contributed by atoms with E-state index >= 15 is 0 Å². The Kier molecular flexibility index (Phi) is 15.3. The second kappa shape index (κ2) is 16.2. The smallest absolute Gasteiger partial charge is 0.334 e. The van der Waals surface area contributed by atoms with Gasteiger partial charge in [0.15, 0.2) is 0 Å². The maximum Gasteiger partial charge on any atom is 0.334 e. The topological polar surface area (TPSA) is 52.6 Å². The van der Waals surface area contributed by atoms with Crippen LogP contribution in [0.5, 0.6) is 0 Å². The Bertz CT molecular complexity index is 399. The second-order valence-corrected chi connectivity index (χ2v) is 6.62. The molecule has 0 rings (SSSR count). The van der Waals surface area contributed by atoms with Crippen molar-refractivity contribution in [3.05, 3.63) is 11.1 Å². The SMILES string of the molecule is CCCCCCCCC(C(=O)OC)=C(CCCCCCC)C(=O)OC. The van der Waals surface area contributed by atoms with Crippen molar-refractivity contribution in [2.24, 2.45) is 0 Å². The summed E-state index contributed by atoms with van der Waals surface area (Å²) in [6, 6.07) is 0. The summed E-state index contributed by atoms with van der Waals surface area (Å²) in [5.41, 5.74) is 1.03. The van der Waals surface area contributed by atoms with E-state index in [0.717, 1.165) is 32.1 Å². The lowest BCUT2D eigenvalue weighted by molar-refractivity contribution is -0.139. The summed E-state index contributed by atoms with van der Waals surface area (Å²) in [6.45, 7) is 4.37. The first-order valence-corrected chi connectivity index (χ1v) is 10.0. The Hall–Kier alpha value is -1.32. The van der Waals surface area contributed by atoms with Crippen LogP contribution in [-0.2, 0) is 19.1 Å². The zero-order valence-electron chi connectivity index (χ0n) is 16.8. The molecule has 0 radical (unpaired) electrons. The molecule has 0 heterocycles. The van der Waals surface area contributed by atoms with E-state index in [9.17, 15) is 9.59 Å². The van der Waals surface area contributed by atoms with E-state index in [2.05, 4.69) is 13.8 Å². The van der Waals surface area contributed by atoms with Gasteiger partial charge in [0.2, 0.25) is 0 Å². The van der Waals surface area contributed by atoms with Crippen LogP contribution in [-0.4, -0.2) is 26.2 Å². The van der Waals surface area contributed by atoms with E-state index in [1.165, 1.54) is 52.7 Å². The normalized spacial score (nSPS) is 11.8. The van der Waals surface area contributed by atoms with Crippen molar-refractivity contribution in [3.8, 4) is 0 Å². The van der Waals surface area contributed by atoms with E-state index in [1.807, 2.05) is 0 Å². The summed E-state index contributed by atoms with van der Waals surface area (Å²) in [5.74, 6) is -0.774. The minimum absolute atomic E-state index is 0.387. The van der Waals surface area contributed by atoms with Gasteiger partial charge in [-0.3, -0.25) is 0 Å². The third-order valence-electron chi connectivity index (χ3n) is 4.54. The van der Waals surface area contributed by atoms with Crippen molar-refractivity contribution in [2.45, 2.75) is 97.3 Å². The molecule has 4 nitrogen and oxygen atoms in total. The van der Waals surface area contributed by atoms with Crippen LogP contribution in [0.4, 0.5) is 0 Å². The predicted molar refractivity (Wildman–Crippen MR) is 102 cm³/mol. The molecule has 25 heavy (non-hydrogen) atoms. The maximum atomic E-state index is 12.2. The molecule has 0 aliphatic rings. The van der Waals surface area contributed by atoms with Crippen molar-refractivity contribution in [1.82, 2.24) is 0 Å². The van der Waals surface area contributed by atoms with Gasteiger partial charge in [0, 0.05) is 11.1 Å². The molecule has 146 valence electrons. The van der Waals surface area contributed by atoms with Crippen LogP contribution in [0.15, 0.2) is 11.1 Å². The number of esters is 2. The molecule has 0 saturated carbocycles. The fraction of sp³-hybridized carbons (Fsp3) is 0.810. The molecule has 0 bridgehead atoms. The van der Waals surface area contributed by atoms with Crippen LogP contribution in [0.2, 0.25) is 0 Å². The molecule has 0 unspecified atom stereocenters. The molecule has 0 N–H and O–H groups in total. The number of unbranched alkanes of at least 4 members (excludes halogenated alkanes) is 9. The maximum absolute atomic E-state index is 12.2. The van der Waals surface area contributed by atoms with Gasteiger partial charge in [0.1, 0.15) is 0 Å². The van der Waals surface area contributed by atoms with Crippen LogP contribution >= 0.6 is 0 Å². The van der Waals surface area contributed by atoms with Crippen molar-refractivity contribution in [3.63, 3.8) is 0 Å². The Morgan fingerprint density at radius 3 is 1.20 bits per heavy atom. The first-order valence-electron chi connectivity index (χ1n) is 10.0. The third kappa shape index (κ3) is 11.0. The lowest BCUT2D eigenvalue weighted by atomic mass is 9.96. The summed E-state index contributed by atoms with van der Waals surface area (Å²) in [4.78, 5) is 24.4. The van der Waals surface area contributed by atoms with Gasteiger partial charge in [-0.15, -0.1) is 0 Å². The van der Waals surface area contributed by atoms with Crippen molar-refractivity contribution in [2.75, 3.05) is 14.2 Å². The highest BCUT2D eigenvalue weighted by Gasteiger charge is 2.21. The van der Waals surface area contributed by atoms with Crippen LogP contribution in [0.3, 0.4) is 0 Å². The summed E-state index contributed by atoms with van der Waals surface area (Å²) < 4.78 is 9.84. The number of ether oxygens (including phenoxy) is 2. The standard InChI is InChI=1S/C21H38O4/c1-5-7-9-11-13-15-17-19(21(23)25-4)18(20(22)24-3)16-14-12-10-8-6-2/h5-17H2,1-4H3. The third-order valence-corrected chi connectivity index (χ3v) is 4.54. The van der Waals surface area contributed by atoms with E-state index in [-0.39, 0.29) is 11.9 Å². The predicted octanol–water partition coefficient (Wildman–Crippen LogP) is 5.74. The van der Waals surface area contributed by atoms with Crippen molar-refractivity contribution in [1.29, 1.82) is 0 Å². The number of hydrogen-bond donors (Lipinski definition) is 0. The van der Waals surface area contributed by atoms with Crippen LogP contribution < -0.4 is 0 Å². The Morgan fingerprint density at radius 1 is 0.560 bits per heavy atom. The Labute approximate surface area is 154 Å². The summed E-state index contributed by atoms with van der Waals surface area (Å²) >= 11 is 0. The van der Waals surface area contributed by atoms with Gasteiger partial charge < -0.3 is 9.47 Å². The average Bonchev–Trinajstić information content (AvgIpc) is 2.63. The molecule has 0 aromatic heterocycles. The fourth-order valence-electron chi connectivity index (χ4n) is 2.99. The van der Waals surface area contributed by atoms with E-state index in [0.29, 0.717) is 24.0 Å². The average molecular weight is 355 g/mol. The Balaban J connectivity index is 4.83. The number of rotatable bonds is 15. The highest BCUT2D eigenvalue weighted by molar-refractivity contribution is 6.00. The molecule has 0 amide bonds. The molecular formula is C21H38O4. The number of hydrogen-bond acceptors (Lipinski definition) is 4. The fourth-order valence-corrected chi connectivity index (χ4v) is 2.99. The number of carbonyl (C=O) groups is 2. The van der Waals surface area contributed by atoms with Crippen molar-refractivity contribution >= 4 is 11.9 Å². The van der Waals surface area contributed by atoms with Gasteiger partial charge in [-0.1, -0.05) is 71.6 Å². The molecule has 0 aliphatic carbocycles.